The zero-order chi connectivity index (χ0) is 36.9. The van der Waals surface area contributed by atoms with Crippen LogP contribution in [0.25, 0.3) is 0 Å². The van der Waals surface area contributed by atoms with E-state index in [4.69, 9.17) is 22.2 Å². The topological polar surface area (TPSA) is 231 Å². The molecule has 0 bridgehead atoms. The second kappa shape index (κ2) is 16.1. The lowest BCUT2D eigenvalue weighted by atomic mass is 9.81. The Morgan fingerprint density at radius 3 is 2.46 bits per heavy atom. The van der Waals surface area contributed by atoms with Crippen molar-refractivity contribution in [2.24, 2.45) is 5.92 Å². The molecule has 0 aromatic carbocycles. The van der Waals surface area contributed by atoms with Crippen LogP contribution in [0.3, 0.4) is 0 Å². The van der Waals surface area contributed by atoms with Gasteiger partial charge in [0.2, 0.25) is 5.91 Å². The summed E-state index contributed by atoms with van der Waals surface area (Å²) in [7, 11) is 5.08. The monoisotopic (exact) mass is 739 g/mol. The van der Waals surface area contributed by atoms with Gasteiger partial charge in [0.1, 0.15) is 11.6 Å². The van der Waals surface area contributed by atoms with E-state index in [0.29, 0.717) is 43.0 Å². The largest absolute Gasteiger partial charge is 0.481 e. The van der Waals surface area contributed by atoms with Crippen LogP contribution in [0.2, 0.25) is 0 Å². The van der Waals surface area contributed by atoms with Crippen molar-refractivity contribution in [2.75, 3.05) is 39.5 Å². The highest BCUT2D eigenvalue weighted by Crippen LogP contribution is 2.43. The summed E-state index contributed by atoms with van der Waals surface area (Å²) in [6.07, 6.45) is -0.288. The normalized spacial score (nSPS) is 23.2. The molecular formula is C30H38FN7O10S2. The zero-order valence-electron chi connectivity index (χ0n) is 27.4. The number of carboxylic acids is 2. The van der Waals surface area contributed by atoms with Crippen molar-refractivity contribution in [2.45, 2.75) is 61.6 Å². The number of thioether (sulfide) groups is 1. The molecule has 3 amide bonds. The van der Waals surface area contributed by atoms with Crippen LogP contribution in [0.5, 0.6) is 0 Å². The van der Waals surface area contributed by atoms with Gasteiger partial charge in [0, 0.05) is 56.5 Å². The molecule has 20 heteroatoms. The predicted octanol–water partition coefficient (Wildman–Crippen LogP) is -0.121. The number of hydrogen-bond donors (Lipinski definition) is 6. The van der Waals surface area contributed by atoms with Crippen LogP contribution in [-0.2, 0) is 33.6 Å². The van der Waals surface area contributed by atoms with Crippen molar-refractivity contribution in [1.82, 2.24) is 30.5 Å². The lowest BCUT2D eigenvalue weighted by Crippen LogP contribution is -2.58. The average molecular weight is 740 g/mol. The first-order valence-electron chi connectivity index (χ1n) is 15.5. The van der Waals surface area contributed by atoms with Gasteiger partial charge < -0.3 is 45.9 Å². The first-order chi connectivity index (χ1) is 23.5. The van der Waals surface area contributed by atoms with Gasteiger partial charge in [0.25, 0.3) is 11.8 Å². The molecule has 0 radical (unpaired) electrons. The first-order valence-corrected chi connectivity index (χ1v) is 16.8. The van der Waals surface area contributed by atoms with E-state index in [-0.39, 0.29) is 23.1 Å². The molecule has 1 saturated carbocycles. The number of aliphatic carboxylic acids is 2. The fourth-order valence-corrected chi connectivity index (χ4v) is 7.36. The lowest BCUT2D eigenvalue weighted by molar-refractivity contribution is -0.194. The molecule has 0 spiro atoms. The number of carboxylic acid groups (broad SMARTS) is 2. The summed E-state index contributed by atoms with van der Waals surface area (Å²) in [5.74, 6) is -7.40. The summed E-state index contributed by atoms with van der Waals surface area (Å²) in [4.78, 5) is 88.8. The van der Waals surface area contributed by atoms with Gasteiger partial charge in [0.15, 0.2) is 16.0 Å². The predicted molar refractivity (Wildman–Crippen MR) is 178 cm³/mol. The minimum absolute atomic E-state index is 0.0606. The second-order valence-electron chi connectivity index (χ2n) is 12.5. The molecule has 2 unspecified atom stereocenters. The smallest absolute Gasteiger partial charge is 0.336 e. The Balaban J connectivity index is 1.53. The number of rotatable bonds is 11. The van der Waals surface area contributed by atoms with Gasteiger partial charge in [-0.3, -0.25) is 19.2 Å². The van der Waals surface area contributed by atoms with Gasteiger partial charge in [-0.25, -0.2) is 19.0 Å². The standard InChI is InChI=1S/C30H38FN7O10S2/c1-36(2)27(44)15-4-6-17(34-26(49)24(42)35-21-7-5-16(31)13-32-21)18(10-15)33-25(43)28-38(19-8-9-37(3)14-20(19)50-28)48-23(41)12-30(47,29(45)46)11-22(39)40/h5,7,13,15,17-18,28,47H,4,6,8-12,14H2,1-3H3,(H,33,43)(H,34,49)(H,39,40)(H,45,46)(H,32,35,42)/t15-,17-,18+,28?,30?/m0/s1. The van der Waals surface area contributed by atoms with Crippen LogP contribution >= 0.6 is 24.0 Å². The maximum atomic E-state index is 14.0. The molecule has 5 atom stereocenters. The third-order valence-electron chi connectivity index (χ3n) is 8.36. The van der Waals surface area contributed by atoms with Crippen LogP contribution in [0.4, 0.5) is 10.2 Å². The molecule has 1 fully saturated rings. The number of aromatic nitrogens is 1. The molecule has 6 N–H and O–H groups in total. The summed E-state index contributed by atoms with van der Waals surface area (Å²) in [6, 6.07) is 0.991. The van der Waals surface area contributed by atoms with Gasteiger partial charge in [0.05, 0.1) is 24.7 Å². The van der Waals surface area contributed by atoms with Crippen molar-refractivity contribution in [3.05, 3.63) is 34.7 Å². The van der Waals surface area contributed by atoms with E-state index in [1.807, 2.05) is 11.9 Å². The van der Waals surface area contributed by atoms with Crippen LogP contribution in [-0.4, -0.2) is 133 Å². The van der Waals surface area contributed by atoms with Gasteiger partial charge in [-0.15, -0.1) is 0 Å². The van der Waals surface area contributed by atoms with E-state index in [1.54, 1.807) is 14.1 Å². The van der Waals surface area contributed by atoms with Gasteiger partial charge in [-0.1, -0.05) is 24.0 Å². The molecule has 4 rings (SSSR count). The Hall–Kier alpha value is -4.40. The third-order valence-corrected chi connectivity index (χ3v) is 9.94. The Kier molecular flexibility index (Phi) is 12.4. The first kappa shape index (κ1) is 38.4. The molecule has 17 nitrogen and oxygen atoms in total. The maximum absolute atomic E-state index is 14.0. The molecule has 3 heterocycles. The zero-order valence-corrected chi connectivity index (χ0v) is 29.0. The fraction of sp³-hybridized carbons (Fsp3) is 0.533. The highest BCUT2D eigenvalue weighted by Gasteiger charge is 2.46. The number of hydroxylamine groups is 2. The Labute approximate surface area is 295 Å². The molecule has 1 aromatic heterocycles. The number of halogens is 1. The van der Waals surface area contributed by atoms with Crippen LogP contribution in [0, 0.1) is 11.7 Å². The highest BCUT2D eigenvalue weighted by molar-refractivity contribution is 8.04. The number of thiocarbonyl (C=S) groups is 1. The number of carbonyl (C=O) groups excluding carboxylic acids is 4. The minimum Gasteiger partial charge on any atom is -0.481 e. The average Bonchev–Trinajstić information content (AvgIpc) is 3.38. The summed E-state index contributed by atoms with van der Waals surface area (Å²) in [5, 5.41) is 37.1. The van der Waals surface area contributed by atoms with Crippen LogP contribution in [0.1, 0.15) is 38.5 Å². The highest BCUT2D eigenvalue weighted by atomic mass is 32.2. The van der Waals surface area contributed by atoms with E-state index in [2.05, 4.69) is 20.9 Å². The van der Waals surface area contributed by atoms with Crippen molar-refractivity contribution in [3.63, 3.8) is 0 Å². The molecule has 50 heavy (non-hydrogen) atoms. The van der Waals surface area contributed by atoms with Crippen LogP contribution < -0.4 is 16.0 Å². The summed E-state index contributed by atoms with van der Waals surface area (Å²) in [5.41, 5.74) is -2.46. The number of nitrogens with one attached hydrogen (secondary N) is 3. The second-order valence-corrected chi connectivity index (χ2v) is 14.0. The molecule has 0 saturated heterocycles. The minimum atomic E-state index is -2.95. The number of likely N-dealkylation sites (N-methyl/N-ethyl adjacent to an activating group) is 1. The Morgan fingerprint density at radius 1 is 1.12 bits per heavy atom. The molecule has 3 aliphatic rings. The quantitative estimate of drug-likeness (QED) is 0.163. The number of aliphatic hydroxyl groups is 1. The SMILES string of the molecule is CN1CCC2=C(C1)SC(C(=O)N[C@@H]1C[C@@H](C(=O)N(C)C)CC[C@@H]1NC(=S)C(=O)Nc1ccc(F)cn1)N2OC(=O)CC(O)(CC(=O)O)C(=O)O. The third kappa shape index (κ3) is 9.43. The van der Waals surface area contributed by atoms with Crippen molar-refractivity contribution < 1.29 is 53.3 Å². The molecular weight excluding hydrogens is 702 g/mol. The number of carbonyl (C=O) groups is 6. The number of pyridine rings is 1. The summed E-state index contributed by atoms with van der Waals surface area (Å²) in [6.45, 7) is 0.949. The number of nitrogens with zero attached hydrogens (tertiary/aromatic N) is 4. The number of anilines is 1. The summed E-state index contributed by atoms with van der Waals surface area (Å²) >= 11 is 6.42. The van der Waals surface area contributed by atoms with Crippen molar-refractivity contribution in [1.29, 1.82) is 0 Å². The van der Waals surface area contributed by atoms with Crippen molar-refractivity contribution in [3.8, 4) is 0 Å². The van der Waals surface area contributed by atoms with E-state index in [0.717, 1.165) is 29.1 Å². The number of amides is 3. The van der Waals surface area contributed by atoms with E-state index >= 15 is 0 Å². The Bertz CT molecular complexity index is 1580. The molecule has 272 valence electrons. The fourth-order valence-electron chi connectivity index (χ4n) is 5.82. The number of hydrogen-bond acceptors (Lipinski definition) is 13. The van der Waals surface area contributed by atoms with E-state index < -0.39 is 77.4 Å². The van der Waals surface area contributed by atoms with Crippen LogP contribution in [0.15, 0.2) is 28.9 Å². The molecule has 1 aromatic rings. The van der Waals surface area contributed by atoms with E-state index in [9.17, 15) is 43.4 Å². The molecule has 2 aliphatic heterocycles. The maximum Gasteiger partial charge on any atom is 0.336 e. The lowest BCUT2D eigenvalue weighted by Gasteiger charge is -2.38. The molecule has 1 aliphatic carbocycles. The van der Waals surface area contributed by atoms with Gasteiger partial charge in [-0.2, -0.15) is 5.06 Å². The summed E-state index contributed by atoms with van der Waals surface area (Å²) < 4.78 is 13.3. The Morgan fingerprint density at radius 2 is 1.84 bits per heavy atom. The van der Waals surface area contributed by atoms with Gasteiger partial charge in [-0.05, 0) is 38.4 Å². The van der Waals surface area contributed by atoms with Crippen molar-refractivity contribution >= 4 is 70.4 Å². The van der Waals surface area contributed by atoms with E-state index in [1.165, 1.54) is 11.0 Å². The van der Waals surface area contributed by atoms with Gasteiger partial charge >= 0.3 is 17.9 Å².